The smallest absolute Gasteiger partial charge is 0.300 e. The molecule has 5 rings (SSSR count). The predicted molar refractivity (Wildman–Crippen MR) is 131 cm³/mol. The van der Waals surface area contributed by atoms with Gasteiger partial charge in [-0.05, 0) is 37.3 Å². The molecule has 0 unspecified atom stereocenters. The molecule has 4 heterocycles. The van der Waals surface area contributed by atoms with Crippen molar-refractivity contribution in [2.75, 3.05) is 62.2 Å². The van der Waals surface area contributed by atoms with Crippen LogP contribution in [0.2, 0.25) is 5.02 Å². The molecule has 0 bridgehead atoms. The van der Waals surface area contributed by atoms with Gasteiger partial charge >= 0.3 is 0 Å². The van der Waals surface area contributed by atoms with Crippen LogP contribution in [0.25, 0.3) is 11.2 Å². The van der Waals surface area contributed by atoms with E-state index in [1.807, 2.05) is 45.9 Å². The van der Waals surface area contributed by atoms with E-state index >= 15 is 0 Å². The number of nitrogens with zero attached hydrogens (tertiary/aromatic N) is 6. The van der Waals surface area contributed by atoms with E-state index in [2.05, 4.69) is 14.9 Å². The fourth-order valence-electron chi connectivity index (χ4n) is 4.48. The van der Waals surface area contributed by atoms with Gasteiger partial charge in [-0.25, -0.2) is 4.98 Å². The molecular weight excluding hydrogens is 456 g/mol. The minimum atomic E-state index is -0.0411. The molecule has 2 aliphatic heterocycles. The number of halogens is 1. The Morgan fingerprint density at radius 2 is 1.56 bits per heavy atom. The summed E-state index contributed by atoms with van der Waals surface area (Å²) in [5.74, 6) is 0.0469. The Morgan fingerprint density at radius 1 is 0.882 bits per heavy atom. The number of rotatable bonds is 3. The van der Waals surface area contributed by atoms with Crippen LogP contribution in [0.3, 0.4) is 0 Å². The molecule has 2 saturated heterocycles. The summed E-state index contributed by atoms with van der Waals surface area (Å²) in [6.45, 7) is 8.63. The van der Waals surface area contributed by atoms with Crippen molar-refractivity contribution in [2.45, 2.75) is 13.8 Å². The minimum Gasteiger partial charge on any atom is -0.422 e. The van der Waals surface area contributed by atoms with Gasteiger partial charge in [-0.3, -0.25) is 9.59 Å². The number of fused-ring (bicyclic) bond motifs is 1. The average molecular weight is 483 g/mol. The summed E-state index contributed by atoms with van der Waals surface area (Å²) in [5.41, 5.74) is 3.64. The molecule has 2 amide bonds. The van der Waals surface area contributed by atoms with Gasteiger partial charge in [0.15, 0.2) is 5.58 Å². The van der Waals surface area contributed by atoms with Crippen LogP contribution >= 0.6 is 11.6 Å². The fourth-order valence-corrected chi connectivity index (χ4v) is 4.71. The summed E-state index contributed by atoms with van der Waals surface area (Å²) >= 11 is 6.39. The van der Waals surface area contributed by atoms with E-state index in [-0.39, 0.29) is 11.8 Å². The van der Waals surface area contributed by atoms with Crippen LogP contribution < -0.4 is 9.80 Å². The summed E-state index contributed by atoms with van der Waals surface area (Å²) in [5, 5.41) is 0.530. The molecule has 0 aliphatic carbocycles. The number of aromatic nitrogens is 2. The Morgan fingerprint density at radius 3 is 2.26 bits per heavy atom. The first kappa shape index (κ1) is 22.5. The normalized spacial score (nSPS) is 16.9. The number of hydrogen-bond donors (Lipinski definition) is 0. The zero-order valence-electron chi connectivity index (χ0n) is 19.3. The van der Waals surface area contributed by atoms with Crippen molar-refractivity contribution >= 4 is 46.3 Å². The lowest BCUT2D eigenvalue weighted by molar-refractivity contribution is -0.129. The molecule has 178 valence electrons. The molecule has 2 fully saturated rings. The van der Waals surface area contributed by atoms with Crippen LogP contribution in [0.5, 0.6) is 0 Å². The maximum absolute atomic E-state index is 13.3. The largest absolute Gasteiger partial charge is 0.422 e. The van der Waals surface area contributed by atoms with Crippen molar-refractivity contribution in [3.8, 4) is 0 Å². The second-order valence-corrected chi connectivity index (χ2v) is 9.18. The second-order valence-electron chi connectivity index (χ2n) is 8.74. The zero-order chi connectivity index (χ0) is 23.8. The van der Waals surface area contributed by atoms with Crippen molar-refractivity contribution in [3.63, 3.8) is 0 Å². The number of oxazole rings is 1. The van der Waals surface area contributed by atoms with E-state index in [0.717, 1.165) is 11.4 Å². The van der Waals surface area contributed by atoms with Crippen LogP contribution in [0.15, 0.2) is 34.7 Å². The molecule has 2 aromatic heterocycles. The van der Waals surface area contributed by atoms with Crippen molar-refractivity contribution in [2.24, 2.45) is 0 Å². The molecular formula is C24H27ClN6O3. The minimum absolute atomic E-state index is 0.0411. The fraction of sp³-hybridized carbons (Fsp3) is 0.417. The highest BCUT2D eigenvalue weighted by molar-refractivity contribution is 6.31. The standard InChI is InChI=1S/C24H27ClN6O3/c1-16-3-4-21-22(26-16)27-24(34-21)31-11-9-30(10-12-31)23(33)18-13-19(25)15-20(14-18)29-7-5-28(6-8-29)17(2)32/h3-4,13-15H,5-12H2,1-2H3. The van der Waals surface area contributed by atoms with Gasteiger partial charge < -0.3 is 24.0 Å². The quantitative estimate of drug-likeness (QED) is 0.567. The lowest BCUT2D eigenvalue weighted by Gasteiger charge is -2.36. The Balaban J connectivity index is 1.25. The van der Waals surface area contributed by atoms with Crippen molar-refractivity contribution in [1.82, 2.24) is 19.8 Å². The highest BCUT2D eigenvalue weighted by atomic mass is 35.5. The molecule has 9 nitrogen and oxygen atoms in total. The average Bonchev–Trinajstić information content (AvgIpc) is 3.26. The Labute approximate surface area is 202 Å². The van der Waals surface area contributed by atoms with E-state index in [4.69, 9.17) is 16.0 Å². The van der Waals surface area contributed by atoms with E-state index < -0.39 is 0 Å². The van der Waals surface area contributed by atoms with Gasteiger partial charge in [0, 0.05) is 81.2 Å². The molecule has 3 aromatic rings. The first-order valence-electron chi connectivity index (χ1n) is 11.5. The van der Waals surface area contributed by atoms with Gasteiger partial charge in [0.1, 0.15) is 0 Å². The number of hydrogen-bond acceptors (Lipinski definition) is 7. The first-order chi connectivity index (χ1) is 16.4. The van der Waals surface area contributed by atoms with Crippen molar-refractivity contribution < 1.29 is 14.0 Å². The zero-order valence-corrected chi connectivity index (χ0v) is 20.1. The SMILES string of the molecule is CC(=O)N1CCN(c2cc(Cl)cc(C(=O)N3CCN(c4nc5nc(C)ccc5o4)CC3)c2)CC1. The summed E-state index contributed by atoms with van der Waals surface area (Å²) < 4.78 is 5.87. The molecule has 10 heteroatoms. The van der Waals surface area contributed by atoms with Crippen LogP contribution in [-0.2, 0) is 4.79 Å². The van der Waals surface area contributed by atoms with Crippen LogP contribution in [0, 0.1) is 6.92 Å². The lowest BCUT2D eigenvalue weighted by atomic mass is 10.1. The molecule has 1 aromatic carbocycles. The third kappa shape index (κ3) is 4.52. The van der Waals surface area contributed by atoms with Crippen LogP contribution in [0.1, 0.15) is 23.0 Å². The summed E-state index contributed by atoms with van der Waals surface area (Å²) in [6, 6.07) is 9.82. The molecule has 0 atom stereocenters. The number of piperazine rings is 2. The Kier molecular flexibility index (Phi) is 6.03. The topological polar surface area (TPSA) is 86.0 Å². The highest BCUT2D eigenvalue weighted by Gasteiger charge is 2.26. The lowest BCUT2D eigenvalue weighted by Crippen LogP contribution is -2.49. The number of pyridine rings is 1. The number of benzene rings is 1. The first-order valence-corrected chi connectivity index (χ1v) is 11.8. The van der Waals surface area contributed by atoms with Crippen LogP contribution in [0.4, 0.5) is 11.7 Å². The summed E-state index contributed by atoms with van der Waals surface area (Å²) in [6.07, 6.45) is 0. The van der Waals surface area contributed by atoms with E-state index in [1.54, 1.807) is 13.0 Å². The van der Waals surface area contributed by atoms with Gasteiger partial charge in [-0.1, -0.05) is 11.6 Å². The van der Waals surface area contributed by atoms with Crippen molar-refractivity contribution in [3.05, 3.63) is 46.6 Å². The van der Waals surface area contributed by atoms with E-state index in [9.17, 15) is 9.59 Å². The van der Waals surface area contributed by atoms with Gasteiger partial charge in [-0.2, -0.15) is 4.98 Å². The number of carbonyl (C=O) groups is 2. The number of amides is 2. The van der Waals surface area contributed by atoms with E-state index in [0.29, 0.717) is 80.2 Å². The summed E-state index contributed by atoms with van der Waals surface area (Å²) in [4.78, 5) is 41.7. The van der Waals surface area contributed by atoms with E-state index in [1.165, 1.54) is 0 Å². The molecule has 0 N–H and O–H groups in total. The molecule has 0 spiro atoms. The summed E-state index contributed by atoms with van der Waals surface area (Å²) in [7, 11) is 0. The van der Waals surface area contributed by atoms with Gasteiger partial charge in [-0.15, -0.1) is 0 Å². The maximum Gasteiger partial charge on any atom is 0.300 e. The Bertz CT molecular complexity index is 1230. The van der Waals surface area contributed by atoms with Crippen LogP contribution in [-0.4, -0.2) is 83.9 Å². The predicted octanol–water partition coefficient (Wildman–Crippen LogP) is 2.82. The highest BCUT2D eigenvalue weighted by Crippen LogP contribution is 2.26. The Hall–Kier alpha value is -3.33. The number of anilines is 2. The molecule has 34 heavy (non-hydrogen) atoms. The van der Waals surface area contributed by atoms with Gasteiger partial charge in [0.2, 0.25) is 11.6 Å². The van der Waals surface area contributed by atoms with Crippen molar-refractivity contribution in [1.29, 1.82) is 0 Å². The molecule has 2 aliphatic rings. The van der Waals surface area contributed by atoms with Gasteiger partial charge in [0.25, 0.3) is 11.9 Å². The second kappa shape index (κ2) is 9.13. The molecule has 0 saturated carbocycles. The molecule has 0 radical (unpaired) electrons. The third-order valence-electron chi connectivity index (χ3n) is 6.44. The monoisotopic (exact) mass is 482 g/mol. The number of carbonyl (C=O) groups excluding carboxylic acids is 2. The maximum atomic E-state index is 13.3. The van der Waals surface area contributed by atoms with Gasteiger partial charge in [0.05, 0.1) is 0 Å². The third-order valence-corrected chi connectivity index (χ3v) is 6.66. The number of aryl methyl sites for hydroxylation is 1.